The van der Waals surface area contributed by atoms with Crippen LogP contribution >= 0.6 is 95.6 Å². The summed E-state index contributed by atoms with van der Waals surface area (Å²) in [5.74, 6) is 0. The van der Waals surface area contributed by atoms with Crippen LogP contribution in [0, 0.1) is 11.3 Å². The molecule has 7 heteroatoms. The van der Waals surface area contributed by atoms with E-state index in [0.29, 0.717) is 16.1 Å². The molecule has 6 atom stereocenters. The molecular formula is C14H19Br6N. The van der Waals surface area contributed by atoms with Crippen LogP contribution in [-0.4, -0.2) is 28.5 Å². The first-order valence-corrected chi connectivity index (χ1v) is 12.5. The number of halogens is 6. The minimum Gasteiger partial charge on any atom is -0.198 e. The van der Waals surface area contributed by atoms with Gasteiger partial charge in [-0.25, -0.2) is 0 Å². The summed E-state index contributed by atoms with van der Waals surface area (Å²) < 4.78 is -0.324. The van der Waals surface area contributed by atoms with Crippen LogP contribution < -0.4 is 0 Å². The first-order valence-electron chi connectivity index (χ1n) is 7.10. The average Bonchev–Trinajstić information content (AvgIpc) is 2.47. The fraction of sp³-hybridized carbons (Fsp3) is 0.929. The van der Waals surface area contributed by atoms with Gasteiger partial charge in [-0.1, -0.05) is 121 Å². The van der Waals surface area contributed by atoms with E-state index in [-0.39, 0.29) is 18.8 Å². The van der Waals surface area contributed by atoms with Crippen molar-refractivity contribution in [2.24, 2.45) is 0 Å². The van der Waals surface area contributed by atoms with Crippen molar-refractivity contribution in [3.05, 3.63) is 0 Å². The molecular weight excluding hydrogens is 662 g/mol. The van der Waals surface area contributed by atoms with Crippen molar-refractivity contribution in [1.82, 2.24) is 0 Å². The van der Waals surface area contributed by atoms with E-state index >= 15 is 0 Å². The molecule has 0 radical (unpaired) electrons. The lowest BCUT2D eigenvalue weighted by atomic mass is 9.90. The fourth-order valence-corrected chi connectivity index (χ4v) is 8.44. The van der Waals surface area contributed by atoms with Crippen LogP contribution in [0.3, 0.4) is 0 Å². The zero-order valence-corrected chi connectivity index (χ0v) is 21.1. The van der Waals surface area contributed by atoms with Crippen LogP contribution in [0.1, 0.15) is 44.9 Å². The Morgan fingerprint density at radius 2 is 1.38 bits per heavy atom. The molecule has 1 saturated carbocycles. The van der Waals surface area contributed by atoms with Gasteiger partial charge in [0, 0.05) is 24.1 Å². The first-order chi connectivity index (χ1) is 9.84. The molecule has 0 heterocycles. The van der Waals surface area contributed by atoms with E-state index < -0.39 is 0 Å². The molecule has 1 fully saturated rings. The van der Waals surface area contributed by atoms with Gasteiger partial charge in [0.2, 0.25) is 0 Å². The van der Waals surface area contributed by atoms with Crippen molar-refractivity contribution < 1.29 is 0 Å². The summed E-state index contributed by atoms with van der Waals surface area (Å²) in [7, 11) is 0. The summed E-state index contributed by atoms with van der Waals surface area (Å²) in [6.45, 7) is 0. The van der Waals surface area contributed by atoms with E-state index in [0.717, 1.165) is 12.8 Å². The van der Waals surface area contributed by atoms with Gasteiger partial charge in [-0.2, -0.15) is 5.26 Å². The molecule has 6 unspecified atom stereocenters. The van der Waals surface area contributed by atoms with Crippen LogP contribution in [0.4, 0.5) is 0 Å². The third-order valence-corrected chi connectivity index (χ3v) is 14.6. The summed E-state index contributed by atoms with van der Waals surface area (Å²) in [5, 5.41) is 9.28. The van der Waals surface area contributed by atoms with Crippen molar-refractivity contribution >= 4 is 95.6 Å². The molecule has 0 saturated heterocycles. The molecule has 1 aliphatic rings. The molecule has 21 heavy (non-hydrogen) atoms. The molecule has 0 bridgehead atoms. The topological polar surface area (TPSA) is 23.8 Å². The Balaban J connectivity index is 3.03. The largest absolute Gasteiger partial charge is 0.198 e. The zero-order valence-electron chi connectivity index (χ0n) is 11.6. The Bertz CT molecular complexity index is 360. The Hall–Kier alpha value is 2.37. The van der Waals surface area contributed by atoms with Gasteiger partial charge < -0.3 is 0 Å². The zero-order chi connectivity index (χ0) is 16.0. The quantitative estimate of drug-likeness (QED) is 0.269. The number of nitrogens with zero attached hydrogens (tertiary/aromatic N) is 1. The highest BCUT2D eigenvalue weighted by Crippen LogP contribution is 2.47. The average molecular weight is 681 g/mol. The molecule has 122 valence electrons. The fourth-order valence-electron chi connectivity index (χ4n) is 2.55. The third kappa shape index (κ3) is 5.99. The lowest BCUT2D eigenvalue weighted by molar-refractivity contribution is 0.489. The Morgan fingerprint density at radius 1 is 0.857 bits per heavy atom. The first kappa shape index (κ1) is 21.4. The minimum atomic E-state index is -0.324. The van der Waals surface area contributed by atoms with Crippen molar-refractivity contribution in [2.75, 3.05) is 0 Å². The lowest BCUT2D eigenvalue weighted by Crippen LogP contribution is -2.50. The van der Waals surface area contributed by atoms with Gasteiger partial charge in [-0.05, 0) is 12.8 Å². The maximum absolute atomic E-state index is 9.28. The molecule has 0 amide bonds. The summed E-state index contributed by atoms with van der Waals surface area (Å²) >= 11 is 23.0. The van der Waals surface area contributed by atoms with Crippen LogP contribution in [-0.2, 0) is 0 Å². The predicted octanol–water partition coefficient (Wildman–Crippen LogP) is 7.21. The third-order valence-electron chi connectivity index (χ3n) is 3.92. The molecule has 0 N–H and O–H groups in total. The highest BCUT2D eigenvalue weighted by atomic mass is 79.9. The van der Waals surface area contributed by atoms with E-state index in [2.05, 4.69) is 102 Å². The van der Waals surface area contributed by atoms with Crippen molar-refractivity contribution in [1.29, 1.82) is 5.26 Å². The maximum atomic E-state index is 9.28. The SMILES string of the molecule is N#CCC1(Br)C(Br)C(Br)CCCCCCC(Br)C(Br)C1Br. The van der Waals surface area contributed by atoms with E-state index in [9.17, 15) is 5.26 Å². The van der Waals surface area contributed by atoms with Crippen molar-refractivity contribution in [3.63, 3.8) is 0 Å². The second kappa shape index (κ2) is 10.4. The van der Waals surface area contributed by atoms with Crippen LogP contribution in [0.5, 0.6) is 0 Å². The van der Waals surface area contributed by atoms with Crippen molar-refractivity contribution in [2.45, 2.75) is 73.4 Å². The Morgan fingerprint density at radius 3 is 1.90 bits per heavy atom. The highest BCUT2D eigenvalue weighted by molar-refractivity contribution is 9.15. The molecule has 1 aliphatic carbocycles. The molecule has 0 aromatic carbocycles. The van der Waals surface area contributed by atoms with Crippen molar-refractivity contribution in [3.8, 4) is 6.07 Å². The minimum absolute atomic E-state index is 0.137. The van der Waals surface area contributed by atoms with Gasteiger partial charge >= 0.3 is 0 Å². The van der Waals surface area contributed by atoms with E-state index in [1.807, 2.05) is 0 Å². The normalized spacial score (nSPS) is 43.4. The van der Waals surface area contributed by atoms with Gasteiger partial charge in [0.05, 0.1) is 16.8 Å². The molecule has 0 spiro atoms. The van der Waals surface area contributed by atoms with Crippen LogP contribution in [0.25, 0.3) is 0 Å². The standard InChI is InChI=1S/C14H19Br6N/c15-9-5-3-1-2-4-6-10(16)12(18)14(20,7-8-21)13(19)11(9)17/h9-13H,1-7H2. The molecule has 1 nitrogen and oxygen atoms in total. The molecule has 0 aromatic rings. The number of hydrogen-bond acceptors (Lipinski definition) is 1. The van der Waals surface area contributed by atoms with E-state index in [1.54, 1.807) is 0 Å². The second-order valence-electron chi connectivity index (χ2n) is 5.53. The molecule has 1 rings (SSSR count). The summed E-state index contributed by atoms with van der Waals surface area (Å²) in [5.41, 5.74) is 0. The summed E-state index contributed by atoms with van der Waals surface area (Å²) in [6, 6.07) is 2.34. The van der Waals surface area contributed by atoms with Gasteiger partial charge in [0.25, 0.3) is 0 Å². The lowest BCUT2D eigenvalue weighted by Gasteiger charge is -2.40. The number of alkyl halides is 6. The van der Waals surface area contributed by atoms with Crippen LogP contribution in [0.2, 0.25) is 0 Å². The Kier molecular flexibility index (Phi) is 10.6. The molecule has 0 aliphatic heterocycles. The number of rotatable bonds is 1. The summed E-state index contributed by atoms with van der Waals surface area (Å²) in [6.07, 6.45) is 7.76. The molecule has 0 aromatic heterocycles. The van der Waals surface area contributed by atoms with Gasteiger partial charge in [0.1, 0.15) is 0 Å². The monoisotopic (exact) mass is 675 g/mol. The Labute approximate surface area is 178 Å². The number of nitriles is 1. The van der Waals surface area contributed by atoms with E-state index in [1.165, 1.54) is 25.7 Å². The second-order valence-corrected chi connectivity index (χ2v) is 12.4. The number of hydrogen-bond donors (Lipinski definition) is 0. The van der Waals surface area contributed by atoms with Crippen LogP contribution in [0.15, 0.2) is 0 Å². The smallest absolute Gasteiger partial charge is 0.0658 e. The van der Waals surface area contributed by atoms with E-state index in [4.69, 9.17) is 0 Å². The van der Waals surface area contributed by atoms with Gasteiger partial charge in [-0.15, -0.1) is 0 Å². The predicted molar refractivity (Wildman–Crippen MR) is 113 cm³/mol. The maximum Gasteiger partial charge on any atom is 0.0658 e. The van der Waals surface area contributed by atoms with Gasteiger partial charge in [-0.3, -0.25) is 0 Å². The summed E-state index contributed by atoms with van der Waals surface area (Å²) in [4.78, 5) is 1.30. The van der Waals surface area contributed by atoms with Gasteiger partial charge in [0.15, 0.2) is 0 Å². The highest BCUT2D eigenvalue weighted by Gasteiger charge is 2.47.